The molecule has 5 heteroatoms. The number of aromatic nitrogens is 2. The van der Waals surface area contributed by atoms with Gasteiger partial charge in [-0.05, 0) is 18.8 Å². The Morgan fingerprint density at radius 3 is 3.13 bits per heavy atom. The molecule has 82 valence electrons. The van der Waals surface area contributed by atoms with Crippen LogP contribution in [-0.2, 0) is 24.2 Å². The Kier molecular flexibility index (Phi) is 2.69. The van der Waals surface area contributed by atoms with Gasteiger partial charge in [0, 0.05) is 6.54 Å². The van der Waals surface area contributed by atoms with E-state index in [2.05, 4.69) is 11.9 Å². The number of carbonyl (C=O) groups is 1. The van der Waals surface area contributed by atoms with E-state index in [0.717, 1.165) is 25.1 Å². The van der Waals surface area contributed by atoms with Gasteiger partial charge in [0.05, 0.1) is 5.69 Å². The van der Waals surface area contributed by atoms with Crippen LogP contribution in [-0.4, -0.2) is 20.6 Å². The number of carboxylic acids is 1. The number of fused-ring (bicyclic) bond motifs is 1. The molecule has 1 aromatic rings. The summed E-state index contributed by atoms with van der Waals surface area (Å²) in [7, 11) is 0. The first-order valence-corrected chi connectivity index (χ1v) is 5.41. The van der Waals surface area contributed by atoms with Gasteiger partial charge in [-0.25, -0.2) is 4.98 Å². The van der Waals surface area contributed by atoms with E-state index in [9.17, 15) is 4.79 Å². The number of aliphatic carboxylic acids is 1. The van der Waals surface area contributed by atoms with Gasteiger partial charge in [0.1, 0.15) is 12.2 Å². The van der Waals surface area contributed by atoms with E-state index in [0.29, 0.717) is 16.9 Å². The Labute approximate surface area is 92.9 Å². The number of hydrogen-bond donors (Lipinski definition) is 1. The second kappa shape index (κ2) is 3.85. The van der Waals surface area contributed by atoms with Crippen molar-refractivity contribution in [3.8, 4) is 0 Å². The van der Waals surface area contributed by atoms with E-state index < -0.39 is 5.97 Å². The summed E-state index contributed by atoms with van der Waals surface area (Å²) < 4.78 is 1.95. The monoisotopic (exact) mass is 228 g/mol. The topological polar surface area (TPSA) is 55.1 Å². The summed E-state index contributed by atoms with van der Waals surface area (Å²) >= 11 is 5.99. The molecule has 4 nitrogen and oxygen atoms in total. The molecule has 1 aliphatic rings. The highest BCUT2D eigenvalue weighted by Gasteiger charge is 2.23. The van der Waals surface area contributed by atoms with E-state index in [1.165, 1.54) is 0 Å². The minimum atomic E-state index is -0.863. The number of rotatable bonds is 2. The van der Waals surface area contributed by atoms with Gasteiger partial charge in [-0.15, -0.1) is 0 Å². The molecule has 2 heterocycles. The zero-order valence-corrected chi connectivity index (χ0v) is 9.29. The van der Waals surface area contributed by atoms with Crippen LogP contribution < -0.4 is 0 Å². The van der Waals surface area contributed by atoms with Gasteiger partial charge >= 0.3 is 5.97 Å². The van der Waals surface area contributed by atoms with Gasteiger partial charge in [-0.3, -0.25) is 4.79 Å². The standard InChI is InChI=1S/C10H13ClN2O2/c1-6-2-3-13-7(4-6)10(11)12-8(13)5-9(14)15/h6H,2-5H2,1H3,(H,14,15). The summed E-state index contributed by atoms with van der Waals surface area (Å²) in [6.45, 7) is 3.00. The molecule has 0 saturated carbocycles. The number of imidazole rings is 1. The molecule has 1 unspecified atom stereocenters. The highest BCUT2D eigenvalue weighted by atomic mass is 35.5. The summed E-state index contributed by atoms with van der Waals surface area (Å²) in [4.78, 5) is 14.7. The summed E-state index contributed by atoms with van der Waals surface area (Å²) in [6.07, 6.45) is 1.91. The predicted molar refractivity (Wildman–Crippen MR) is 56.1 cm³/mol. The second-order valence-corrected chi connectivity index (χ2v) is 4.44. The summed E-state index contributed by atoms with van der Waals surface area (Å²) in [6, 6.07) is 0. The third-order valence-electron chi connectivity index (χ3n) is 2.80. The molecule has 0 fully saturated rings. The van der Waals surface area contributed by atoms with Crippen molar-refractivity contribution in [1.82, 2.24) is 9.55 Å². The number of halogens is 1. The first-order chi connectivity index (χ1) is 7.08. The smallest absolute Gasteiger partial charge is 0.311 e. The zero-order chi connectivity index (χ0) is 11.0. The van der Waals surface area contributed by atoms with Crippen molar-refractivity contribution in [2.75, 3.05) is 0 Å². The first-order valence-electron chi connectivity index (χ1n) is 5.03. The average molecular weight is 229 g/mol. The fourth-order valence-corrected chi connectivity index (χ4v) is 2.29. The first kappa shape index (κ1) is 10.5. The van der Waals surface area contributed by atoms with Crippen LogP contribution in [0.4, 0.5) is 0 Å². The van der Waals surface area contributed by atoms with Gasteiger partial charge in [0.25, 0.3) is 0 Å². The van der Waals surface area contributed by atoms with E-state index in [1.54, 1.807) is 0 Å². The van der Waals surface area contributed by atoms with Crippen molar-refractivity contribution in [2.24, 2.45) is 5.92 Å². The van der Waals surface area contributed by atoms with Crippen molar-refractivity contribution in [1.29, 1.82) is 0 Å². The van der Waals surface area contributed by atoms with Crippen LogP contribution in [0.2, 0.25) is 5.15 Å². The molecule has 0 saturated heterocycles. The number of carboxylic acid groups (broad SMARTS) is 1. The van der Waals surface area contributed by atoms with Gasteiger partial charge in [0.2, 0.25) is 0 Å². The maximum Gasteiger partial charge on any atom is 0.311 e. The fraction of sp³-hybridized carbons (Fsp3) is 0.600. The van der Waals surface area contributed by atoms with Crippen LogP contribution in [0, 0.1) is 5.92 Å². The van der Waals surface area contributed by atoms with Crippen LogP contribution in [0.5, 0.6) is 0 Å². The lowest BCUT2D eigenvalue weighted by Gasteiger charge is -2.21. The predicted octanol–water partition coefficient (Wildman–Crippen LogP) is 1.75. The largest absolute Gasteiger partial charge is 0.481 e. The fourth-order valence-electron chi connectivity index (χ4n) is 2.02. The molecular weight excluding hydrogens is 216 g/mol. The van der Waals surface area contributed by atoms with Crippen molar-refractivity contribution >= 4 is 17.6 Å². The SMILES string of the molecule is CC1CCn2c(CC(=O)O)nc(Cl)c2C1. The number of nitrogens with zero attached hydrogens (tertiary/aromatic N) is 2. The Balaban J connectivity index is 2.34. The van der Waals surface area contributed by atoms with Crippen LogP contribution in [0.1, 0.15) is 24.9 Å². The van der Waals surface area contributed by atoms with Crippen LogP contribution in [0.25, 0.3) is 0 Å². The maximum atomic E-state index is 10.6. The average Bonchev–Trinajstić information content (AvgIpc) is 2.42. The highest BCUT2D eigenvalue weighted by Crippen LogP contribution is 2.27. The molecule has 1 atom stereocenters. The van der Waals surface area contributed by atoms with Gasteiger partial charge in [0.15, 0.2) is 5.15 Å². The summed E-state index contributed by atoms with van der Waals surface area (Å²) in [5.41, 5.74) is 0.992. The van der Waals surface area contributed by atoms with Gasteiger partial charge in [-0.2, -0.15) is 0 Å². The molecule has 1 N–H and O–H groups in total. The molecule has 0 bridgehead atoms. The van der Waals surface area contributed by atoms with Crippen molar-refractivity contribution in [2.45, 2.75) is 32.7 Å². The maximum absolute atomic E-state index is 10.6. The minimum Gasteiger partial charge on any atom is -0.481 e. The molecule has 1 aromatic heterocycles. The lowest BCUT2D eigenvalue weighted by molar-refractivity contribution is -0.136. The van der Waals surface area contributed by atoms with E-state index in [1.807, 2.05) is 4.57 Å². The van der Waals surface area contributed by atoms with Crippen LogP contribution >= 0.6 is 11.6 Å². The Hall–Kier alpha value is -1.03. The lowest BCUT2D eigenvalue weighted by atomic mass is 9.98. The van der Waals surface area contributed by atoms with E-state index in [-0.39, 0.29) is 6.42 Å². The Morgan fingerprint density at radius 1 is 1.73 bits per heavy atom. The lowest BCUT2D eigenvalue weighted by Crippen LogP contribution is -2.19. The molecule has 15 heavy (non-hydrogen) atoms. The molecule has 0 aromatic carbocycles. The highest BCUT2D eigenvalue weighted by molar-refractivity contribution is 6.30. The summed E-state index contributed by atoms with van der Waals surface area (Å²) in [5, 5.41) is 9.20. The summed E-state index contributed by atoms with van der Waals surface area (Å²) in [5.74, 6) is 0.317. The molecule has 0 amide bonds. The molecule has 1 aliphatic heterocycles. The molecule has 2 rings (SSSR count). The minimum absolute atomic E-state index is 0.0475. The van der Waals surface area contributed by atoms with E-state index >= 15 is 0 Å². The third kappa shape index (κ3) is 2.00. The van der Waals surface area contributed by atoms with Gasteiger partial charge < -0.3 is 9.67 Å². The Bertz CT molecular complexity index is 400. The quantitative estimate of drug-likeness (QED) is 0.839. The van der Waals surface area contributed by atoms with E-state index in [4.69, 9.17) is 16.7 Å². The normalized spacial score (nSPS) is 20.0. The number of hydrogen-bond acceptors (Lipinski definition) is 2. The zero-order valence-electron chi connectivity index (χ0n) is 8.53. The van der Waals surface area contributed by atoms with Crippen LogP contribution in [0.15, 0.2) is 0 Å². The van der Waals surface area contributed by atoms with Crippen molar-refractivity contribution < 1.29 is 9.90 Å². The Morgan fingerprint density at radius 2 is 2.47 bits per heavy atom. The van der Waals surface area contributed by atoms with Crippen LogP contribution in [0.3, 0.4) is 0 Å². The second-order valence-electron chi connectivity index (χ2n) is 4.09. The van der Waals surface area contributed by atoms with Crippen molar-refractivity contribution in [3.63, 3.8) is 0 Å². The third-order valence-corrected chi connectivity index (χ3v) is 3.10. The van der Waals surface area contributed by atoms with Crippen molar-refractivity contribution in [3.05, 3.63) is 16.7 Å². The molecule has 0 spiro atoms. The van der Waals surface area contributed by atoms with Gasteiger partial charge in [-0.1, -0.05) is 18.5 Å². The molecule has 0 radical (unpaired) electrons. The molecule has 0 aliphatic carbocycles. The molecular formula is C10H13ClN2O2.